The molecule has 1 rings (SSSR count). The van der Waals surface area contributed by atoms with Gasteiger partial charge in [0.05, 0.1) is 0 Å². The largest absolute Gasteiger partial charge is 0.0602 e. The Morgan fingerprint density at radius 3 is 1.32 bits per heavy atom. The lowest BCUT2D eigenvalue weighted by Crippen LogP contribution is -2.24. The van der Waals surface area contributed by atoms with E-state index < -0.39 is 0 Å². The van der Waals surface area contributed by atoms with Crippen molar-refractivity contribution < 1.29 is 0 Å². The predicted octanol–water partition coefficient (Wildman–Crippen LogP) is 7.50. The van der Waals surface area contributed by atoms with Gasteiger partial charge in [-0.3, -0.25) is 0 Å². The molecular formula is C22H38. The van der Waals surface area contributed by atoms with E-state index in [2.05, 4.69) is 87.4 Å². The lowest BCUT2D eigenvalue weighted by molar-refractivity contribution is 0.229. The van der Waals surface area contributed by atoms with Crippen LogP contribution in [-0.4, -0.2) is 0 Å². The minimum atomic E-state index is 0.289. The molecule has 0 aliphatic carbocycles. The average Bonchev–Trinajstić information content (AvgIpc) is 2.33. The molecule has 0 heterocycles. The van der Waals surface area contributed by atoms with E-state index in [1.54, 1.807) is 0 Å². The number of rotatable bonds is 4. The fraction of sp³-hybridized carbons (Fsp3) is 0.727. The van der Waals surface area contributed by atoms with Crippen LogP contribution in [0, 0.1) is 10.8 Å². The Labute approximate surface area is 139 Å². The lowest BCUT2D eigenvalue weighted by atomic mass is 9.68. The van der Waals surface area contributed by atoms with Gasteiger partial charge < -0.3 is 0 Å². The third-order valence-corrected chi connectivity index (χ3v) is 4.60. The topological polar surface area (TPSA) is 0 Å². The third kappa shape index (κ3) is 5.45. The van der Waals surface area contributed by atoms with Gasteiger partial charge in [-0.05, 0) is 51.7 Å². The van der Waals surface area contributed by atoms with Crippen molar-refractivity contribution in [2.75, 3.05) is 0 Å². The van der Waals surface area contributed by atoms with Crippen LogP contribution in [0.4, 0.5) is 0 Å². The summed E-state index contributed by atoms with van der Waals surface area (Å²) in [5.74, 6) is 1.78. The van der Waals surface area contributed by atoms with Gasteiger partial charge in [-0.25, -0.2) is 0 Å². The third-order valence-electron chi connectivity index (χ3n) is 4.60. The van der Waals surface area contributed by atoms with Crippen LogP contribution in [0.3, 0.4) is 0 Å². The molecular weight excluding hydrogens is 264 g/mol. The van der Waals surface area contributed by atoms with E-state index in [4.69, 9.17) is 0 Å². The molecule has 0 aliphatic rings. The zero-order valence-electron chi connectivity index (χ0n) is 16.7. The Kier molecular flexibility index (Phi) is 5.93. The molecule has 1 unspecified atom stereocenters. The second kappa shape index (κ2) is 6.77. The lowest BCUT2D eigenvalue weighted by Gasteiger charge is -2.37. The molecule has 0 aliphatic heterocycles. The highest BCUT2D eigenvalue weighted by molar-refractivity contribution is 5.36. The van der Waals surface area contributed by atoms with E-state index in [1.807, 2.05) is 0 Å². The van der Waals surface area contributed by atoms with Gasteiger partial charge >= 0.3 is 0 Å². The fourth-order valence-electron chi connectivity index (χ4n) is 3.11. The monoisotopic (exact) mass is 302 g/mol. The first kappa shape index (κ1) is 19.3. The summed E-state index contributed by atoms with van der Waals surface area (Å²) in [6.45, 7) is 23.5. The summed E-state index contributed by atoms with van der Waals surface area (Å²) in [6, 6.07) is 7.35. The molecule has 0 amide bonds. The van der Waals surface area contributed by atoms with E-state index in [1.165, 1.54) is 23.1 Å². The summed E-state index contributed by atoms with van der Waals surface area (Å²) in [5, 5.41) is 0. The van der Waals surface area contributed by atoms with Gasteiger partial charge in [-0.15, -0.1) is 0 Å². The van der Waals surface area contributed by atoms with Crippen molar-refractivity contribution in [2.45, 2.75) is 93.4 Å². The van der Waals surface area contributed by atoms with Gasteiger partial charge in [0, 0.05) is 0 Å². The normalized spacial score (nSPS) is 14.7. The molecule has 0 nitrogen and oxygen atoms in total. The number of hydrogen-bond donors (Lipinski definition) is 0. The molecule has 0 N–H and O–H groups in total. The van der Waals surface area contributed by atoms with E-state index in [9.17, 15) is 0 Å². The summed E-state index contributed by atoms with van der Waals surface area (Å²) in [6.07, 6.45) is 1.23. The summed E-state index contributed by atoms with van der Waals surface area (Å²) in [4.78, 5) is 0. The van der Waals surface area contributed by atoms with Gasteiger partial charge in [0.2, 0.25) is 0 Å². The number of benzene rings is 1. The van der Waals surface area contributed by atoms with Crippen molar-refractivity contribution in [3.63, 3.8) is 0 Å². The predicted molar refractivity (Wildman–Crippen MR) is 101 cm³/mol. The van der Waals surface area contributed by atoms with Crippen LogP contribution in [-0.2, 0) is 0 Å². The second-order valence-corrected chi connectivity index (χ2v) is 9.93. The Morgan fingerprint density at radius 2 is 1.05 bits per heavy atom. The van der Waals surface area contributed by atoms with E-state index in [0.717, 1.165) is 0 Å². The molecule has 0 radical (unpaired) electrons. The van der Waals surface area contributed by atoms with Crippen LogP contribution in [0.5, 0.6) is 0 Å². The molecule has 0 fully saturated rings. The zero-order valence-corrected chi connectivity index (χ0v) is 16.7. The highest BCUT2D eigenvalue weighted by atomic mass is 14.4. The van der Waals surface area contributed by atoms with Crippen LogP contribution in [0.15, 0.2) is 18.2 Å². The number of hydrogen-bond acceptors (Lipinski definition) is 0. The highest BCUT2D eigenvalue weighted by Crippen LogP contribution is 2.44. The Hall–Kier alpha value is -0.780. The van der Waals surface area contributed by atoms with Crippen LogP contribution < -0.4 is 0 Å². The Balaban J connectivity index is 3.40. The first-order chi connectivity index (χ1) is 9.81. The zero-order chi connectivity index (χ0) is 17.3. The van der Waals surface area contributed by atoms with Crippen LogP contribution in [0.25, 0.3) is 0 Å². The van der Waals surface area contributed by atoms with Gasteiger partial charge in [-0.2, -0.15) is 0 Å². The van der Waals surface area contributed by atoms with Crippen LogP contribution in [0.2, 0.25) is 0 Å². The SMILES string of the molecule is CC(C)c1cc(C(C)C)cc(C(CC(C)(C)C)C(C)(C)C)c1. The maximum absolute atomic E-state index is 2.47. The summed E-state index contributed by atoms with van der Waals surface area (Å²) in [7, 11) is 0. The van der Waals surface area contributed by atoms with Gasteiger partial charge in [0.25, 0.3) is 0 Å². The van der Waals surface area contributed by atoms with Crippen molar-refractivity contribution in [1.82, 2.24) is 0 Å². The molecule has 0 bridgehead atoms. The molecule has 126 valence electrons. The highest BCUT2D eigenvalue weighted by Gasteiger charge is 2.31. The van der Waals surface area contributed by atoms with Crippen molar-refractivity contribution >= 4 is 0 Å². The molecule has 0 aromatic heterocycles. The Bertz CT molecular complexity index is 451. The maximum atomic E-state index is 2.47. The van der Waals surface area contributed by atoms with Crippen molar-refractivity contribution in [3.05, 3.63) is 34.9 Å². The summed E-state index contributed by atoms with van der Waals surface area (Å²) >= 11 is 0. The smallest absolute Gasteiger partial charge is 0.0108 e. The van der Waals surface area contributed by atoms with Gasteiger partial charge in [0.1, 0.15) is 0 Å². The molecule has 1 aromatic carbocycles. The minimum Gasteiger partial charge on any atom is -0.0602 e. The molecule has 0 saturated carbocycles. The quantitative estimate of drug-likeness (QED) is 0.540. The van der Waals surface area contributed by atoms with Crippen LogP contribution in [0.1, 0.15) is 110 Å². The van der Waals surface area contributed by atoms with Gasteiger partial charge in [-0.1, -0.05) is 87.4 Å². The van der Waals surface area contributed by atoms with Crippen molar-refractivity contribution in [2.24, 2.45) is 10.8 Å². The van der Waals surface area contributed by atoms with Crippen molar-refractivity contribution in [3.8, 4) is 0 Å². The summed E-state index contributed by atoms with van der Waals surface area (Å²) < 4.78 is 0. The molecule has 0 spiro atoms. The van der Waals surface area contributed by atoms with Gasteiger partial charge in [0.15, 0.2) is 0 Å². The maximum Gasteiger partial charge on any atom is -0.0108 e. The fourth-order valence-corrected chi connectivity index (χ4v) is 3.11. The van der Waals surface area contributed by atoms with Crippen molar-refractivity contribution in [1.29, 1.82) is 0 Å². The average molecular weight is 303 g/mol. The standard InChI is InChI=1S/C22H38/c1-15(2)17-11-18(16(3)4)13-19(12-17)20(22(8,9)10)14-21(5,6)7/h11-13,15-16,20H,14H2,1-10H3. The summed E-state index contributed by atoms with van der Waals surface area (Å²) in [5.41, 5.74) is 5.16. The minimum absolute atomic E-state index is 0.289. The molecule has 0 heteroatoms. The molecule has 0 saturated heterocycles. The Morgan fingerprint density at radius 1 is 0.682 bits per heavy atom. The second-order valence-electron chi connectivity index (χ2n) is 9.93. The van der Waals surface area contributed by atoms with E-state index in [-0.39, 0.29) is 5.41 Å². The first-order valence-corrected chi connectivity index (χ1v) is 8.96. The molecule has 1 atom stereocenters. The van der Waals surface area contributed by atoms with E-state index in [0.29, 0.717) is 23.2 Å². The van der Waals surface area contributed by atoms with Crippen LogP contribution >= 0.6 is 0 Å². The molecule has 1 aromatic rings. The first-order valence-electron chi connectivity index (χ1n) is 8.96. The van der Waals surface area contributed by atoms with E-state index >= 15 is 0 Å². The molecule has 22 heavy (non-hydrogen) atoms.